The first-order chi connectivity index (χ1) is 18.5. The highest BCUT2D eigenvalue weighted by molar-refractivity contribution is 5.96. The molecule has 3 aromatic carbocycles. The minimum absolute atomic E-state index is 0.0728. The van der Waals surface area contributed by atoms with E-state index in [9.17, 15) is 9.59 Å². The average Bonchev–Trinajstić information content (AvgIpc) is 3.33. The van der Waals surface area contributed by atoms with Crippen LogP contribution >= 0.6 is 0 Å². The van der Waals surface area contributed by atoms with E-state index in [0.717, 1.165) is 28.1 Å². The molecule has 6 heteroatoms. The maximum absolute atomic E-state index is 14.1. The zero-order valence-electron chi connectivity index (χ0n) is 23.7. The van der Waals surface area contributed by atoms with E-state index in [2.05, 4.69) is 26.1 Å². The summed E-state index contributed by atoms with van der Waals surface area (Å²) in [5, 5.41) is 7.86. The van der Waals surface area contributed by atoms with E-state index in [-0.39, 0.29) is 29.8 Å². The summed E-state index contributed by atoms with van der Waals surface area (Å²) in [6, 6.07) is 29.2. The van der Waals surface area contributed by atoms with Crippen LogP contribution in [0, 0.1) is 6.92 Å². The second-order valence-corrected chi connectivity index (χ2v) is 11.3. The Morgan fingerprint density at radius 1 is 0.872 bits per heavy atom. The second kappa shape index (κ2) is 11.7. The van der Waals surface area contributed by atoms with Gasteiger partial charge in [-0.15, -0.1) is 0 Å². The molecule has 2 amide bonds. The van der Waals surface area contributed by atoms with Crippen molar-refractivity contribution in [1.82, 2.24) is 14.7 Å². The Kier molecular flexibility index (Phi) is 8.34. The summed E-state index contributed by atoms with van der Waals surface area (Å²) in [6.07, 6.45) is 0. The van der Waals surface area contributed by atoms with E-state index in [1.54, 1.807) is 9.58 Å². The third kappa shape index (κ3) is 6.63. The first kappa shape index (κ1) is 27.8. The van der Waals surface area contributed by atoms with Crippen molar-refractivity contribution in [3.05, 3.63) is 113 Å². The van der Waals surface area contributed by atoms with Crippen LogP contribution in [-0.2, 0) is 15.0 Å². The van der Waals surface area contributed by atoms with Gasteiger partial charge in [-0.1, -0.05) is 99.1 Å². The number of amides is 2. The van der Waals surface area contributed by atoms with E-state index < -0.39 is 5.92 Å². The predicted molar refractivity (Wildman–Crippen MR) is 157 cm³/mol. The summed E-state index contributed by atoms with van der Waals surface area (Å²) in [5.41, 5.74) is 4.46. The van der Waals surface area contributed by atoms with E-state index in [0.29, 0.717) is 5.82 Å². The van der Waals surface area contributed by atoms with Gasteiger partial charge in [0, 0.05) is 17.5 Å². The highest BCUT2D eigenvalue weighted by atomic mass is 16.2. The lowest BCUT2D eigenvalue weighted by Crippen LogP contribution is -2.45. The van der Waals surface area contributed by atoms with Crippen LogP contribution in [0.25, 0.3) is 5.69 Å². The molecule has 0 unspecified atom stereocenters. The SMILES string of the molecule is Cc1ccc(-n2nc(C(C)(C)C)cc2NC(=O)CN(C(=O)C(c2ccccc2)c2ccccc2)C(C)C)cc1. The number of hydrogen-bond donors (Lipinski definition) is 1. The van der Waals surface area contributed by atoms with Gasteiger partial charge in [0.15, 0.2) is 0 Å². The molecule has 0 spiro atoms. The smallest absolute Gasteiger partial charge is 0.245 e. The topological polar surface area (TPSA) is 67.2 Å². The molecule has 202 valence electrons. The number of carbonyl (C=O) groups is 2. The van der Waals surface area contributed by atoms with Crippen LogP contribution in [0.1, 0.15) is 62.9 Å². The molecule has 1 aromatic heterocycles. The van der Waals surface area contributed by atoms with Gasteiger partial charge in [-0.3, -0.25) is 9.59 Å². The molecule has 1 N–H and O–H groups in total. The maximum atomic E-state index is 14.1. The molecule has 4 rings (SSSR count). The van der Waals surface area contributed by atoms with Crippen molar-refractivity contribution in [2.24, 2.45) is 0 Å². The molecule has 0 aliphatic carbocycles. The summed E-state index contributed by atoms with van der Waals surface area (Å²) in [4.78, 5) is 29.2. The first-order valence-corrected chi connectivity index (χ1v) is 13.4. The van der Waals surface area contributed by atoms with E-state index in [1.165, 1.54) is 0 Å². The molecule has 6 nitrogen and oxygen atoms in total. The van der Waals surface area contributed by atoms with Crippen LogP contribution in [0.15, 0.2) is 91.0 Å². The average molecular weight is 523 g/mol. The van der Waals surface area contributed by atoms with Gasteiger partial charge in [0.05, 0.1) is 17.3 Å². The largest absolute Gasteiger partial charge is 0.330 e. The fourth-order valence-electron chi connectivity index (χ4n) is 4.51. The Labute approximate surface area is 231 Å². The van der Waals surface area contributed by atoms with Crippen LogP contribution in [0.3, 0.4) is 0 Å². The minimum atomic E-state index is -0.506. The summed E-state index contributed by atoms with van der Waals surface area (Å²) in [6.45, 7) is 12.1. The number of anilines is 1. The fourth-order valence-corrected chi connectivity index (χ4v) is 4.51. The fraction of sp³-hybridized carbons (Fsp3) is 0.303. The lowest BCUT2D eigenvalue weighted by molar-refractivity contribution is -0.137. The summed E-state index contributed by atoms with van der Waals surface area (Å²) >= 11 is 0. The zero-order chi connectivity index (χ0) is 28.2. The highest BCUT2D eigenvalue weighted by Gasteiger charge is 2.31. The summed E-state index contributed by atoms with van der Waals surface area (Å²) in [7, 11) is 0. The number of aromatic nitrogens is 2. The van der Waals surface area contributed by atoms with Crippen molar-refractivity contribution in [2.75, 3.05) is 11.9 Å². The van der Waals surface area contributed by atoms with Gasteiger partial charge in [0.25, 0.3) is 0 Å². The summed E-state index contributed by atoms with van der Waals surface area (Å²) in [5.74, 6) is -0.314. The van der Waals surface area contributed by atoms with Crippen molar-refractivity contribution < 1.29 is 9.59 Å². The highest BCUT2D eigenvalue weighted by Crippen LogP contribution is 2.29. The number of carbonyl (C=O) groups excluding carboxylic acids is 2. The first-order valence-electron chi connectivity index (χ1n) is 13.4. The van der Waals surface area contributed by atoms with Crippen LogP contribution in [0.4, 0.5) is 5.82 Å². The van der Waals surface area contributed by atoms with Gasteiger partial charge in [-0.05, 0) is 44.0 Å². The molecule has 0 aliphatic rings. The van der Waals surface area contributed by atoms with Crippen LogP contribution in [-0.4, -0.2) is 39.1 Å². The van der Waals surface area contributed by atoms with Crippen LogP contribution in [0.5, 0.6) is 0 Å². The van der Waals surface area contributed by atoms with Gasteiger partial charge in [-0.2, -0.15) is 5.10 Å². The Hall–Kier alpha value is -4.19. The number of nitrogens with one attached hydrogen (secondary N) is 1. The predicted octanol–water partition coefficient (Wildman–Crippen LogP) is 6.49. The van der Waals surface area contributed by atoms with Gasteiger partial charge in [0.2, 0.25) is 11.8 Å². The molecule has 39 heavy (non-hydrogen) atoms. The van der Waals surface area contributed by atoms with Crippen molar-refractivity contribution in [2.45, 2.75) is 58.9 Å². The third-order valence-corrected chi connectivity index (χ3v) is 6.76. The van der Waals surface area contributed by atoms with Gasteiger partial charge in [-0.25, -0.2) is 4.68 Å². The molecule has 0 bridgehead atoms. The monoisotopic (exact) mass is 522 g/mol. The lowest BCUT2D eigenvalue weighted by atomic mass is 9.89. The van der Waals surface area contributed by atoms with Crippen LogP contribution in [0.2, 0.25) is 0 Å². The normalized spacial score (nSPS) is 11.6. The molecule has 0 saturated carbocycles. The Balaban J connectivity index is 1.63. The molecular formula is C33H38N4O2. The molecule has 0 atom stereocenters. The van der Waals surface area contributed by atoms with Crippen LogP contribution < -0.4 is 5.32 Å². The third-order valence-electron chi connectivity index (χ3n) is 6.76. The maximum Gasteiger partial charge on any atom is 0.245 e. The standard InChI is InChI=1S/C33H38N4O2/c1-23(2)36(32(39)31(25-13-9-7-10-14-25)26-15-11-8-12-16-26)22-30(38)34-29-21-28(33(4,5)6)35-37(29)27-19-17-24(3)18-20-27/h7-21,23,31H,22H2,1-6H3,(H,34,38). The quantitative estimate of drug-likeness (QED) is 0.288. The Morgan fingerprint density at radius 2 is 1.41 bits per heavy atom. The number of nitrogens with zero attached hydrogens (tertiary/aromatic N) is 3. The summed E-state index contributed by atoms with van der Waals surface area (Å²) < 4.78 is 1.76. The minimum Gasteiger partial charge on any atom is -0.330 e. The number of rotatable bonds is 8. The van der Waals surface area contributed by atoms with Crippen molar-refractivity contribution in [1.29, 1.82) is 0 Å². The molecular weight excluding hydrogens is 484 g/mol. The van der Waals surface area contributed by atoms with E-state index >= 15 is 0 Å². The van der Waals surface area contributed by atoms with Gasteiger partial charge >= 0.3 is 0 Å². The Morgan fingerprint density at radius 3 is 1.90 bits per heavy atom. The number of benzene rings is 3. The number of hydrogen-bond acceptors (Lipinski definition) is 3. The lowest BCUT2D eigenvalue weighted by Gasteiger charge is -2.30. The molecule has 1 heterocycles. The zero-order valence-corrected chi connectivity index (χ0v) is 23.7. The van der Waals surface area contributed by atoms with Gasteiger partial charge < -0.3 is 10.2 Å². The van der Waals surface area contributed by atoms with Crippen molar-refractivity contribution in [3.8, 4) is 5.69 Å². The van der Waals surface area contributed by atoms with Crippen molar-refractivity contribution >= 4 is 17.6 Å². The molecule has 4 aromatic rings. The Bertz CT molecular complexity index is 1360. The molecule has 0 radical (unpaired) electrons. The number of aryl methyl sites for hydroxylation is 1. The molecule has 0 saturated heterocycles. The van der Waals surface area contributed by atoms with E-state index in [1.807, 2.05) is 112 Å². The molecule has 0 fully saturated rings. The van der Waals surface area contributed by atoms with E-state index in [4.69, 9.17) is 5.10 Å². The second-order valence-electron chi connectivity index (χ2n) is 11.3. The molecule has 0 aliphatic heterocycles. The van der Waals surface area contributed by atoms with Gasteiger partial charge in [0.1, 0.15) is 12.4 Å². The van der Waals surface area contributed by atoms with Crippen molar-refractivity contribution in [3.63, 3.8) is 0 Å².